The van der Waals surface area contributed by atoms with E-state index in [0.29, 0.717) is 5.82 Å². The standard InChI is InChI=1S/C8H8N4O2/c9-3-6-5(10)1-2-7(12-6)11-4-8(13)14/h1-2H,4,10H2,(H,11,12)(H,13,14). The van der Waals surface area contributed by atoms with Crippen LogP contribution in [-0.2, 0) is 4.79 Å². The first-order chi connectivity index (χ1) is 6.63. The molecule has 1 aromatic rings. The van der Waals surface area contributed by atoms with Gasteiger partial charge in [0.15, 0.2) is 5.69 Å². The van der Waals surface area contributed by atoms with Crippen LogP contribution in [0.5, 0.6) is 0 Å². The minimum absolute atomic E-state index is 0.0837. The fourth-order valence-corrected chi connectivity index (χ4v) is 0.824. The molecule has 0 aromatic carbocycles. The van der Waals surface area contributed by atoms with Gasteiger partial charge in [0.25, 0.3) is 0 Å². The molecule has 0 aliphatic carbocycles. The fourth-order valence-electron chi connectivity index (χ4n) is 0.824. The van der Waals surface area contributed by atoms with Gasteiger partial charge in [0, 0.05) is 0 Å². The molecule has 0 radical (unpaired) electrons. The van der Waals surface area contributed by atoms with E-state index in [1.165, 1.54) is 12.1 Å². The van der Waals surface area contributed by atoms with Gasteiger partial charge in [-0.2, -0.15) is 5.26 Å². The van der Waals surface area contributed by atoms with Gasteiger partial charge in [-0.25, -0.2) is 4.98 Å². The van der Waals surface area contributed by atoms with Crippen LogP contribution in [0.15, 0.2) is 12.1 Å². The Morgan fingerprint density at radius 2 is 2.43 bits per heavy atom. The molecule has 6 heteroatoms. The lowest BCUT2D eigenvalue weighted by Crippen LogP contribution is -2.13. The summed E-state index contributed by atoms with van der Waals surface area (Å²) in [6, 6.07) is 4.81. The van der Waals surface area contributed by atoms with Crippen molar-refractivity contribution in [2.45, 2.75) is 0 Å². The Morgan fingerprint density at radius 1 is 1.71 bits per heavy atom. The molecule has 0 bridgehead atoms. The van der Waals surface area contributed by atoms with Gasteiger partial charge in [-0.3, -0.25) is 4.79 Å². The van der Waals surface area contributed by atoms with E-state index < -0.39 is 5.97 Å². The fraction of sp³-hybridized carbons (Fsp3) is 0.125. The van der Waals surface area contributed by atoms with Gasteiger partial charge in [0.1, 0.15) is 18.4 Å². The molecule has 0 saturated heterocycles. The highest BCUT2D eigenvalue weighted by molar-refractivity contribution is 5.72. The zero-order chi connectivity index (χ0) is 10.6. The Labute approximate surface area is 80.0 Å². The first-order valence-electron chi connectivity index (χ1n) is 3.76. The summed E-state index contributed by atoms with van der Waals surface area (Å²) in [5, 5.41) is 19.5. The molecule has 0 unspecified atom stereocenters. The van der Waals surface area contributed by atoms with Crippen LogP contribution in [-0.4, -0.2) is 22.6 Å². The Bertz CT molecular complexity index is 397. The highest BCUT2D eigenvalue weighted by Gasteiger charge is 2.02. The van der Waals surface area contributed by atoms with E-state index in [0.717, 1.165) is 0 Å². The van der Waals surface area contributed by atoms with Gasteiger partial charge < -0.3 is 16.2 Å². The van der Waals surface area contributed by atoms with Crippen LogP contribution < -0.4 is 11.1 Å². The van der Waals surface area contributed by atoms with Crippen molar-refractivity contribution in [2.75, 3.05) is 17.6 Å². The Morgan fingerprint density at radius 3 is 3.00 bits per heavy atom. The molecule has 72 valence electrons. The second-order valence-corrected chi connectivity index (χ2v) is 2.49. The zero-order valence-electron chi connectivity index (χ0n) is 7.19. The van der Waals surface area contributed by atoms with Crippen LogP contribution in [0.4, 0.5) is 11.5 Å². The van der Waals surface area contributed by atoms with E-state index in [-0.39, 0.29) is 17.9 Å². The molecular weight excluding hydrogens is 184 g/mol. The quantitative estimate of drug-likeness (QED) is 0.622. The maximum Gasteiger partial charge on any atom is 0.322 e. The molecule has 0 amide bonds. The van der Waals surface area contributed by atoms with Crippen LogP contribution in [0.3, 0.4) is 0 Å². The first-order valence-corrected chi connectivity index (χ1v) is 3.76. The SMILES string of the molecule is N#Cc1nc(NCC(=O)O)ccc1N. The molecule has 0 fully saturated rings. The largest absolute Gasteiger partial charge is 0.480 e. The molecule has 1 aromatic heterocycles. The summed E-state index contributed by atoms with van der Waals surface area (Å²) in [5.41, 5.74) is 5.78. The molecule has 0 atom stereocenters. The Kier molecular flexibility index (Phi) is 2.86. The molecule has 1 rings (SSSR count). The minimum Gasteiger partial charge on any atom is -0.480 e. The van der Waals surface area contributed by atoms with Crippen molar-refractivity contribution in [3.05, 3.63) is 17.8 Å². The van der Waals surface area contributed by atoms with Gasteiger partial charge in [-0.1, -0.05) is 0 Å². The predicted octanol–water partition coefficient (Wildman–Crippen LogP) is 0.0320. The van der Waals surface area contributed by atoms with E-state index in [9.17, 15) is 4.79 Å². The number of nitrogens with one attached hydrogen (secondary N) is 1. The summed E-state index contributed by atoms with van der Waals surface area (Å²) in [7, 11) is 0. The number of anilines is 2. The third-order valence-corrected chi connectivity index (χ3v) is 1.45. The average Bonchev–Trinajstić information content (AvgIpc) is 2.16. The van der Waals surface area contributed by atoms with Crippen LogP contribution in [0, 0.1) is 11.3 Å². The van der Waals surface area contributed by atoms with Gasteiger partial charge in [-0.05, 0) is 12.1 Å². The highest BCUT2D eigenvalue weighted by Crippen LogP contribution is 2.11. The van der Waals surface area contributed by atoms with Crippen LogP contribution in [0.1, 0.15) is 5.69 Å². The lowest BCUT2D eigenvalue weighted by Gasteiger charge is -2.03. The van der Waals surface area contributed by atoms with Gasteiger partial charge in [0.2, 0.25) is 0 Å². The summed E-state index contributed by atoms with van der Waals surface area (Å²) in [6.07, 6.45) is 0. The summed E-state index contributed by atoms with van der Waals surface area (Å²) >= 11 is 0. The number of hydrogen-bond donors (Lipinski definition) is 3. The molecule has 0 spiro atoms. The first kappa shape index (κ1) is 9.80. The van der Waals surface area contributed by atoms with Crippen molar-refractivity contribution >= 4 is 17.5 Å². The number of nitrogen functional groups attached to an aromatic ring is 1. The van der Waals surface area contributed by atoms with Crippen LogP contribution in [0.2, 0.25) is 0 Å². The molecule has 0 aliphatic rings. The molecule has 6 nitrogen and oxygen atoms in total. The maximum atomic E-state index is 10.2. The van der Waals surface area contributed by atoms with E-state index in [1.807, 2.05) is 0 Å². The number of hydrogen-bond acceptors (Lipinski definition) is 5. The highest BCUT2D eigenvalue weighted by atomic mass is 16.4. The number of carboxylic acid groups (broad SMARTS) is 1. The zero-order valence-corrected chi connectivity index (χ0v) is 7.19. The number of aromatic nitrogens is 1. The molecule has 0 saturated carbocycles. The lowest BCUT2D eigenvalue weighted by atomic mass is 10.3. The number of carboxylic acids is 1. The van der Waals surface area contributed by atoms with Gasteiger partial charge >= 0.3 is 5.97 Å². The van der Waals surface area contributed by atoms with Crippen molar-refractivity contribution < 1.29 is 9.90 Å². The molecule has 14 heavy (non-hydrogen) atoms. The average molecular weight is 192 g/mol. The van der Waals surface area contributed by atoms with Crippen molar-refractivity contribution in [3.8, 4) is 6.07 Å². The summed E-state index contributed by atoms with van der Waals surface area (Å²) < 4.78 is 0. The summed E-state index contributed by atoms with van der Waals surface area (Å²) in [4.78, 5) is 14.0. The molecule has 4 N–H and O–H groups in total. The van der Waals surface area contributed by atoms with E-state index in [1.54, 1.807) is 6.07 Å². The number of nitriles is 1. The monoisotopic (exact) mass is 192 g/mol. The third-order valence-electron chi connectivity index (χ3n) is 1.45. The van der Waals surface area contributed by atoms with E-state index >= 15 is 0 Å². The minimum atomic E-state index is -0.998. The Balaban J connectivity index is 2.80. The van der Waals surface area contributed by atoms with Crippen molar-refractivity contribution in [1.29, 1.82) is 5.26 Å². The third kappa shape index (κ3) is 2.35. The van der Waals surface area contributed by atoms with Crippen molar-refractivity contribution in [3.63, 3.8) is 0 Å². The lowest BCUT2D eigenvalue weighted by molar-refractivity contribution is -0.134. The van der Waals surface area contributed by atoms with Gasteiger partial charge in [-0.15, -0.1) is 0 Å². The smallest absolute Gasteiger partial charge is 0.322 e. The van der Waals surface area contributed by atoms with Crippen LogP contribution in [0.25, 0.3) is 0 Å². The number of nitrogens with two attached hydrogens (primary N) is 1. The van der Waals surface area contributed by atoms with Crippen LogP contribution >= 0.6 is 0 Å². The summed E-state index contributed by atoms with van der Waals surface area (Å²) in [5.74, 6) is -0.680. The van der Waals surface area contributed by atoms with Crippen molar-refractivity contribution in [2.24, 2.45) is 0 Å². The van der Waals surface area contributed by atoms with Crippen molar-refractivity contribution in [1.82, 2.24) is 4.98 Å². The number of carbonyl (C=O) groups is 1. The molecular formula is C8H8N4O2. The number of rotatable bonds is 3. The number of pyridine rings is 1. The Hall–Kier alpha value is -2.29. The number of aliphatic carboxylic acids is 1. The summed E-state index contributed by atoms with van der Waals surface area (Å²) in [6.45, 7) is -0.248. The van der Waals surface area contributed by atoms with Gasteiger partial charge in [0.05, 0.1) is 5.69 Å². The maximum absolute atomic E-state index is 10.2. The topological polar surface area (TPSA) is 112 Å². The normalized spacial score (nSPS) is 9.07. The second kappa shape index (κ2) is 4.09. The number of nitrogens with zero attached hydrogens (tertiary/aromatic N) is 2. The molecule has 1 heterocycles. The van der Waals surface area contributed by atoms with E-state index in [4.69, 9.17) is 16.1 Å². The second-order valence-electron chi connectivity index (χ2n) is 2.49. The predicted molar refractivity (Wildman–Crippen MR) is 49.5 cm³/mol. The van der Waals surface area contributed by atoms with E-state index in [2.05, 4.69) is 10.3 Å². The molecule has 0 aliphatic heterocycles.